The third-order valence-corrected chi connectivity index (χ3v) is 6.96. The highest BCUT2D eigenvalue weighted by molar-refractivity contribution is 5.78. The van der Waals surface area contributed by atoms with Crippen LogP contribution in [0, 0.1) is 23.7 Å². The lowest BCUT2D eigenvalue weighted by Gasteiger charge is -2.36. The number of carbonyl (C=O) groups excluding carboxylic acids is 1. The monoisotopic (exact) mass is 380 g/mol. The summed E-state index contributed by atoms with van der Waals surface area (Å²) in [7, 11) is 0. The van der Waals surface area contributed by atoms with Crippen molar-refractivity contribution in [2.45, 2.75) is 64.4 Å². The average molecular weight is 381 g/mol. The molecule has 7 nitrogen and oxygen atoms in total. The van der Waals surface area contributed by atoms with Crippen LogP contribution in [0.15, 0.2) is 0 Å². The van der Waals surface area contributed by atoms with E-state index in [2.05, 4.69) is 16.1 Å². The molecule has 5 atom stereocenters. The molecule has 1 amide bonds. The van der Waals surface area contributed by atoms with Crippen LogP contribution in [0.2, 0.25) is 0 Å². The highest BCUT2D eigenvalue weighted by atomic mass is 16.7. The topological polar surface area (TPSA) is 74.9 Å². The average Bonchev–Trinajstić information content (AvgIpc) is 3.40. The van der Waals surface area contributed by atoms with Crippen molar-refractivity contribution in [1.29, 1.82) is 0 Å². The van der Waals surface area contributed by atoms with Gasteiger partial charge in [0.25, 0.3) is 0 Å². The van der Waals surface area contributed by atoms with Gasteiger partial charge in [0.1, 0.15) is 6.23 Å². The second kappa shape index (κ2) is 8.74. The molecule has 7 heteroatoms. The highest BCUT2D eigenvalue weighted by Gasteiger charge is 2.40. The number of ether oxygens (including phenoxy) is 1. The summed E-state index contributed by atoms with van der Waals surface area (Å²) in [5, 5.41) is 7.33. The van der Waals surface area contributed by atoms with Gasteiger partial charge in [0.2, 0.25) is 5.91 Å². The first-order valence-electron chi connectivity index (χ1n) is 10.9. The Morgan fingerprint density at radius 1 is 1.07 bits per heavy atom. The number of hydrogen-bond acceptors (Lipinski definition) is 6. The fraction of sp³-hybridized carbons (Fsp3) is 0.950. The molecule has 0 aromatic heterocycles. The smallest absolute Gasteiger partial charge is 0.225 e. The van der Waals surface area contributed by atoms with Crippen molar-refractivity contribution in [3.63, 3.8) is 0 Å². The van der Waals surface area contributed by atoms with Gasteiger partial charge in [0.15, 0.2) is 0 Å². The third-order valence-electron chi connectivity index (χ3n) is 6.96. The first-order valence-corrected chi connectivity index (χ1v) is 10.9. The zero-order valence-corrected chi connectivity index (χ0v) is 16.8. The summed E-state index contributed by atoms with van der Waals surface area (Å²) in [6.07, 6.45) is 5.88. The zero-order chi connectivity index (χ0) is 18.8. The van der Waals surface area contributed by atoms with Gasteiger partial charge in [-0.3, -0.25) is 14.9 Å². The molecule has 4 fully saturated rings. The van der Waals surface area contributed by atoms with Crippen molar-refractivity contribution < 1.29 is 14.4 Å². The lowest BCUT2D eigenvalue weighted by atomic mass is 9.81. The number of piperidine rings is 2. The molecule has 0 aromatic rings. The predicted octanol–water partition coefficient (Wildman–Crippen LogP) is 1.06. The van der Waals surface area contributed by atoms with Crippen LogP contribution in [-0.2, 0) is 14.4 Å². The maximum atomic E-state index is 12.2. The first kappa shape index (κ1) is 19.6. The number of nitrogens with zero attached hydrogens (tertiary/aromatic N) is 1. The molecule has 4 aliphatic heterocycles. The van der Waals surface area contributed by atoms with E-state index in [1.165, 1.54) is 12.8 Å². The van der Waals surface area contributed by atoms with Gasteiger partial charge in [0, 0.05) is 38.3 Å². The van der Waals surface area contributed by atoms with Gasteiger partial charge in [-0.15, -0.1) is 0 Å². The van der Waals surface area contributed by atoms with Gasteiger partial charge in [0.05, 0.1) is 6.17 Å². The maximum Gasteiger partial charge on any atom is 0.225 e. The molecule has 5 unspecified atom stereocenters. The van der Waals surface area contributed by atoms with Crippen molar-refractivity contribution in [1.82, 2.24) is 21.0 Å². The minimum atomic E-state index is 0.0236. The largest absolute Gasteiger partial charge is 0.381 e. The fourth-order valence-corrected chi connectivity index (χ4v) is 5.21. The van der Waals surface area contributed by atoms with Crippen LogP contribution in [-0.4, -0.2) is 62.1 Å². The molecule has 0 saturated carbocycles. The molecule has 3 N–H and O–H groups in total. The Morgan fingerprint density at radius 3 is 2.59 bits per heavy atom. The first-order chi connectivity index (χ1) is 13.1. The summed E-state index contributed by atoms with van der Waals surface area (Å²) in [4.78, 5) is 20.1. The van der Waals surface area contributed by atoms with Gasteiger partial charge < -0.3 is 15.0 Å². The standard InChI is InChI=1S/C20H36N4O3/c1-13(2)20(25)24-8-4-14(5-9-24)18-22-19(27-23-18)17-11-15(3-7-21-17)16-6-10-26-12-16/h13-19,21-23H,3-12H2,1-2H3. The highest BCUT2D eigenvalue weighted by Crippen LogP contribution is 2.32. The molecule has 0 spiro atoms. The molecule has 154 valence electrons. The zero-order valence-electron chi connectivity index (χ0n) is 16.8. The van der Waals surface area contributed by atoms with Gasteiger partial charge in [-0.2, -0.15) is 5.48 Å². The molecule has 0 radical (unpaired) electrons. The summed E-state index contributed by atoms with van der Waals surface area (Å²) >= 11 is 0. The maximum absolute atomic E-state index is 12.2. The Kier molecular flexibility index (Phi) is 6.34. The number of rotatable bonds is 4. The van der Waals surface area contributed by atoms with E-state index in [0.717, 1.165) is 63.9 Å². The molecular weight excluding hydrogens is 344 g/mol. The molecule has 0 bridgehead atoms. The van der Waals surface area contributed by atoms with Crippen molar-refractivity contribution in [2.75, 3.05) is 32.8 Å². The number of likely N-dealkylation sites (tertiary alicyclic amines) is 1. The summed E-state index contributed by atoms with van der Waals surface area (Å²) < 4.78 is 5.60. The van der Waals surface area contributed by atoms with Crippen molar-refractivity contribution in [3.8, 4) is 0 Å². The van der Waals surface area contributed by atoms with Gasteiger partial charge >= 0.3 is 0 Å². The lowest BCUT2D eigenvalue weighted by molar-refractivity contribution is -0.136. The van der Waals surface area contributed by atoms with Gasteiger partial charge in [-0.25, -0.2) is 0 Å². The minimum absolute atomic E-state index is 0.0236. The van der Waals surface area contributed by atoms with E-state index in [0.29, 0.717) is 12.0 Å². The van der Waals surface area contributed by atoms with Crippen LogP contribution < -0.4 is 16.1 Å². The molecule has 4 aliphatic rings. The van der Waals surface area contributed by atoms with Crippen LogP contribution in [0.4, 0.5) is 0 Å². The van der Waals surface area contributed by atoms with Gasteiger partial charge in [-0.1, -0.05) is 13.8 Å². The van der Waals surface area contributed by atoms with Crippen LogP contribution in [0.1, 0.15) is 46.0 Å². The van der Waals surface area contributed by atoms with Crippen LogP contribution in [0.3, 0.4) is 0 Å². The van der Waals surface area contributed by atoms with E-state index in [1.54, 1.807) is 0 Å². The van der Waals surface area contributed by atoms with E-state index in [1.807, 2.05) is 18.7 Å². The summed E-state index contributed by atoms with van der Waals surface area (Å²) in [5.41, 5.74) is 3.25. The van der Waals surface area contributed by atoms with Crippen molar-refractivity contribution in [2.24, 2.45) is 23.7 Å². The molecule has 0 aromatic carbocycles. The van der Waals surface area contributed by atoms with Crippen molar-refractivity contribution in [3.05, 3.63) is 0 Å². The fourth-order valence-electron chi connectivity index (χ4n) is 5.21. The van der Waals surface area contributed by atoms with E-state index in [9.17, 15) is 4.79 Å². The Morgan fingerprint density at radius 2 is 1.89 bits per heavy atom. The molecule has 4 heterocycles. The molecule has 0 aliphatic carbocycles. The molecule has 4 saturated heterocycles. The molecular formula is C20H36N4O3. The van der Waals surface area contributed by atoms with Gasteiger partial charge in [-0.05, 0) is 56.4 Å². The second-order valence-corrected chi connectivity index (χ2v) is 9.09. The molecule has 4 rings (SSSR count). The predicted molar refractivity (Wildman–Crippen MR) is 103 cm³/mol. The Balaban J connectivity index is 1.25. The number of hydroxylamine groups is 1. The SMILES string of the molecule is CC(C)C(=O)N1CCC(C2NOC(C3CC(C4CCOC4)CCN3)N2)CC1. The number of nitrogens with one attached hydrogen (secondary N) is 3. The second-order valence-electron chi connectivity index (χ2n) is 9.09. The lowest BCUT2D eigenvalue weighted by Crippen LogP contribution is -2.53. The number of amides is 1. The normalized spacial score (nSPS) is 38.6. The van der Waals surface area contributed by atoms with Crippen LogP contribution >= 0.6 is 0 Å². The van der Waals surface area contributed by atoms with Crippen molar-refractivity contribution >= 4 is 5.91 Å². The van der Waals surface area contributed by atoms with Crippen LogP contribution in [0.5, 0.6) is 0 Å². The van der Waals surface area contributed by atoms with E-state index < -0.39 is 0 Å². The molecule has 27 heavy (non-hydrogen) atoms. The van der Waals surface area contributed by atoms with E-state index in [4.69, 9.17) is 9.57 Å². The summed E-state index contributed by atoms with van der Waals surface area (Å²) in [6.45, 7) is 8.61. The summed E-state index contributed by atoms with van der Waals surface area (Å²) in [6, 6.07) is 0.351. The van der Waals surface area contributed by atoms with E-state index in [-0.39, 0.29) is 24.2 Å². The number of carbonyl (C=O) groups is 1. The minimum Gasteiger partial charge on any atom is -0.381 e. The Bertz CT molecular complexity index is 503. The summed E-state index contributed by atoms with van der Waals surface area (Å²) in [5.74, 6) is 2.35. The third kappa shape index (κ3) is 4.48. The van der Waals surface area contributed by atoms with Crippen LogP contribution in [0.25, 0.3) is 0 Å². The Hall–Kier alpha value is -0.730. The quantitative estimate of drug-likeness (QED) is 0.677. The number of hydrogen-bond donors (Lipinski definition) is 3. The Labute approximate surface area is 162 Å². The van der Waals surface area contributed by atoms with E-state index >= 15 is 0 Å².